The van der Waals surface area contributed by atoms with Crippen LogP contribution in [0.1, 0.15) is 78.1 Å². The lowest BCUT2D eigenvalue weighted by Gasteiger charge is -2.14. The number of carbonyl (C=O) groups is 1. The number of ether oxygens (including phenoxy) is 1. The van der Waals surface area contributed by atoms with Crippen LogP contribution in [0.3, 0.4) is 0 Å². The van der Waals surface area contributed by atoms with Gasteiger partial charge in [-0.2, -0.15) is 0 Å². The zero-order valence-electron chi connectivity index (χ0n) is 16.7. The van der Waals surface area contributed by atoms with Gasteiger partial charge in [-0.3, -0.25) is 4.79 Å². The number of aromatic nitrogens is 4. The molecular weight excluding hydrogens is 372 g/mol. The normalized spacial score (nSPS) is 22.1. The van der Waals surface area contributed by atoms with Gasteiger partial charge in [0.05, 0.1) is 11.9 Å². The predicted octanol–water partition coefficient (Wildman–Crippen LogP) is 4.06. The highest BCUT2D eigenvalue weighted by Gasteiger charge is 2.36. The fraction of sp³-hybridized carbons (Fsp3) is 0.667. The first-order valence-corrected chi connectivity index (χ1v) is 11.5. The molecule has 0 bridgehead atoms. The van der Waals surface area contributed by atoms with Crippen molar-refractivity contribution in [3.05, 3.63) is 28.8 Å². The van der Waals surface area contributed by atoms with E-state index in [9.17, 15) is 4.79 Å². The van der Waals surface area contributed by atoms with E-state index in [1.807, 2.05) is 6.07 Å². The lowest BCUT2D eigenvalue weighted by atomic mass is 10.2. The van der Waals surface area contributed by atoms with Gasteiger partial charge in [0.2, 0.25) is 0 Å². The fourth-order valence-electron chi connectivity index (χ4n) is 4.25. The minimum absolute atomic E-state index is 0.176. The van der Waals surface area contributed by atoms with Crippen LogP contribution in [0.5, 0.6) is 0 Å². The SMILES string of the molecule is Cc1cc(C(=O)CSc2nnc(C3CC3)n2C2CC2)c(C)n1C[C@@H]1CCCO1. The van der Waals surface area contributed by atoms with Gasteiger partial charge in [-0.15, -0.1) is 10.2 Å². The number of rotatable bonds is 8. The first-order valence-electron chi connectivity index (χ1n) is 10.5. The second kappa shape index (κ2) is 7.34. The zero-order valence-corrected chi connectivity index (χ0v) is 17.5. The third kappa shape index (κ3) is 3.54. The molecule has 28 heavy (non-hydrogen) atoms. The first kappa shape index (κ1) is 18.4. The zero-order chi connectivity index (χ0) is 19.3. The molecule has 2 aliphatic carbocycles. The van der Waals surface area contributed by atoms with Gasteiger partial charge < -0.3 is 13.9 Å². The Labute approximate surface area is 170 Å². The van der Waals surface area contributed by atoms with E-state index in [2.05, 4.69) is 33.2 Å². The monoisotopic (exact) mass is 400 g/mol. The maximum Gasteiger partial charge on any atom is 0.191 e. The largest absolute Gasteiger partial charge is 0.376 e. The van der Waals surface area contributed by atoms with Crippen molar-refractivity contribution in [2.45, 2.75) is 82.1 Å². The molecule has 2 aromatic heterocycles. The van der Waals surface area contributed by atoms with Gasteiger partial charge in [-0.25, -0.2) is 0 Å². The number of hydrogen-bond donors (Lipinski definition) is 0. The highest BCUT2D eigenvalue weighted by molar-refractivity contribution is 7.99. The number of ketones is 1. The summed E-state index contributed by atoms with van der Waals surface area (Å²) in [6.07, 6.45) is 7.40. The first-order chi connectivity index (χ1) is 13.6. The predicted molar refractivity (Wildman–Crippen MR) is 108 cm³/mol. The van der Waals surface area contributed by atoms with E-state index < -0.39 is 0 Å². The number of carbonyl (C=O) groups excluding carboxylic acids is 1. The molecule has 2 saturated carbocycles. The molecule has 150 valence electrons. The molecule has 1 atom stereocenters. The summed E-state index contributed by atoms with van der Waals surface area (Å²) in [6.45, 7) is 5.84. The Bertz CT molecular complexity index is 889. The van der Waals surface area contributed by atoms with Crippen LogP contribution in [0.4, 0.5) is 0 Å². The number of aryl methyl sites for hydroxylation is 1. The summed E-state index contributed by atoms with van der Waals surface area (Å²) < 4.78 is 10.3. The fourth-order valence-corrected chi connectivity index (χ4v) is 5.14. The molecule has 5 rings (SSSR count). The second-order valence-electron chi connectivity index (χ2n) is 8.46. The van der Waals surface area contributed by atoms with Crippen LogP contribution in [0.15, 0.2) is 11.2 Å². The number of Topliss-reactive ketones (excluding diaryl/α,β-unsaturated/α-hetero) is 1. The van der Waals surface area contributed by atoms with Crippen molar-refractivity contribution >= 4 is 17.5 Å². The van der Waals surface area contributed by atoms with Crippen LogP contribution in [-0.4, -0.2) is 43.6 Å². The quantitative estimate of drug-likeness (QED) is 0.494. The van der Waals surface area contributed by atoms with Crippen LogP contribution in [-0.2, 0) is 11.3 Å². The summed E-state index contributed by atoms with van der Waals surface area (Å²) >= 11 is 1.55. The molecule has 7 heteroatoms. The van der Waals surface area contributed by atoms with Gasteiger partial charge in [-0.1, -0.05) is 11.8 Å². The molecule has 0 N–H and O–H groups in total. The van der Waals surface area contributed by atoms with Crippen LogP contribution >= 0.6 is 11.8 Å². The molecular formula is C21H28N4O2S. The number of nitrogens with zero attached hydrogens (tertiary/aromatic N) is 4. The van der Waals surface area contributed by atoms with Crippen molar-refractivity contribution in [3.8, 4) is 0 Å². The van der Waals surface area contributed by atoms with Crippen LogP contribution < -0.4 is 0 Å². The van der Waals surface area contributed by atoms with E-state index in [0.29, 0.717) is 17.7 Å². The molecule has 0 unspecified atom stereocenters. The Morgan fingerprint density at radius 3 is 2.71 bits per heavy atom. The smallest absolute Gasteiger partial charge is 0.191 e. The summed E-state index contributed by atoms with van der Waals surface area (Å²) in [4.78, 5) is 13.0. The highest BCUT2D eigenvalue weighted by Crippen LogP contribution is 2.46. The van der Waals surface area contributed by atoms with Crippen LogP contribution in [0.25, 0.3) is 0 Å². The molecule has 0 radical (unpaired) electrons. The van der Waals surface area contributed by atoms with Gasteiger partial charge in [0.25, 0.3) is 0 Å². The summed E-state index contributed by atoms with van der Waals surface area (Å²) in [6, 6.07) is 2.59. The molecule has 3 heterocycles. The van der Waals surface area contributed by atoms with Crippen molar-refractivity contribution < 1.29 is 9.53 Å². The Hall–Kier alpha value is -1.60. The van der Waals surface area contributed by atoms with Crippen molar-refractivity contribution in [1.82, 2.24) is 19.3 Å². The molecule has 0 aromatic carbocycles. The maximum absolute atomic E-state index is 13.0. The van der Waals surface area contributed by atoms with Gasteiger partial charge in [-0.05, 0) is 58.4 Å². The molecule has 1 saturated heterocycles. The van der Waals surface area contributed by atoms with Gasteiger partial charge in [0.1, 0.15) is 5.82 Å². The van der Waals surface area contributed by atoms with E-state index >= 15 is 0 Å². The maximum atomic E-state index is 13.0. The van der Waals surface area contributed by atoms with E-state index in [0.717, 1.165) is 53.9 Å². The minimum atomic E-state index is 0.176. The summed E-state index contributed by atoms with van der Waals surface area (Å²) in [5, 5.41) is 9.79. The van der Waals surface area contributed by atoms with E-state index in [1.165, 1.54) is 25.7 Å². The van der Waals surface area contributed by atoms with E-state index in [1.54, 1.807) is 11.8 Å². The lowest BCUT2D eigenvalue weighted by molar-refractivity contribution is 0.0957. The highest BCUT2D eigenvalue weighted by atomic mass is 32.2. The van der Waals surface area contributed by atoms with Gasteiger partial charge in [0, 0.05) is 42.1 Å². The molecule has 2 aromatic rings. The van der Waals surface area contributed by atoms with Gasteiger partial charge in [0.15, 0.2) is 10.9 Å². The Morgan fingerprint density at radius 2 is 2.04 bits per heavy atom. The Morgan fingerprint density at radius 1 is 1.21 bits per heavy atom. The average Bonchev–Trinajstić information content (AvgIpc) is 3.60. The summed E-state index contributed by atoms with van der Waals surface area (Å²) in [7, 11) is 0. The van der Waals surface area contributed by atoms with Gasteiger partial charge >= 0.3 is 0 Å². The summed E-state index contributed by atoms with van der Waals surface area (Å²) in [5.74, 6) is 2.33. The minimum Gasteiger partial charge on any atom is -0.376 e. The topological polar surface area (TPSA) is 61.9 Å². The third-order valence-corrected chi connectivity index (χ3v) is 7.11. The van der Waals surface area contributed by atoms with Crippen molar-refractivity contribution in [1.29, 1.82) is 0 Å². The van der Waals surface area contributed by atoms with Crippen LogP contribution in [0, 0.1) is 13.8 Å². The summed E-state index contributed by atoms with van der Waals surface area (Å²) in [5.41, 5.74) is 3.03. The number of hydrogen-bond acceptors (Lipinski definition) is 5. The van der Waals surface area contributed by atoms with Crippen LogP contribution in [0.2, 0.25) is 0 Å². The van der Waals surface area contributed by atoms with E-state index in [4.69, 9.17) is 4.74 Å². The number of thioether (sulfide) groups is 1. The second-order valence-corrected chi connectivity index (χ2v) is 9.40. The Kier molecular flexibility index (Phi) is 4.83. The molecule has 6 nitrogen and oxygen atoms in total. The average molecular weight is 401 g/mol. The van der Waals surface area contributed by atoms with E-state index in [-0.39, 0.29) is 11.9 Å². The Balaban J connectivity index is 1.28. The van der Waals surface area contributed by atoms with Crippen molar-refractivity contribution in [2.75, 3.05) is 12.4 Å². The molecule has 3 aliphatic rings. The van der Waals surface area contributed by atoms with Crippen molar-refractivity contribution in [3.63, 3.8) is 0 Å². The molecule has 0 amide bonds. The third-order valence-electron chi connectivity index (χ3n) is 6.16. The lowest BCUT2D eigenvalue weighted by Crippen LogP contribution is -2.17. The van der Waals surface area contributed by atoms with Crippen molar-refractivity contribution in [2.24, 2.45) is 0 Å². The standard InChI is InChI=1S/C21H28N4O2S/c1-13-10-18(14(2)24(13)11-17-4-3-9-27-17)19(26)12-28-21-23-22-20(15-5-6-15)25(21)16-7-8-16/h10,15-17H,3-9,11-12H2,1-2H3/t17-/m0/s1. The molecule has 1 aliphatic heterocycles. The molecule has 0 spiro atoms. The molecule has 3 fully saturated rings.